The normalized spacial score (nSPS) is 18.4. The second-order valence-electron chi connectivity index (χ2n) is 4.07. The minimum atomic E-state index is 0.750. The zero-order valence-electron chi connectivity index (χ0n) is 8.69. The summed E-state index contributed by atoms with van der Waals surface area (Å²) in [5.74, 6) is 0.928. The van der Waals surface area contributed by atoms with Crippen LogP contribution in [-0.2, 0) is 6.54 Å². The second-order valence-corrected chi connectivity index (χ2v) is 4.07. The van der Waals surface area contributed by atoms with Crippen molar-refractivity contribution in [3.63, 3.8) is 0 Å². The first-order valence-corrected chi connectivity index (χ1v) is 5.28. The summed E-state index contributed by atoms with van der Waals surface area (Å²) in [4.78, 5) is 2.46. The van der Waals surface area contributed by atoms with Crippen LogP contribution in [0.5, 0.6) is 0 Å². The highest BCUT2D eigenvalue weighted by Crippen LogP contribution is 2.17. The fraction of sp³-hybridized carbons (Fsp3) is 0.700. The fourth-order valence-electron chi connectivity index (χ4n) is 1.86. The van der Waals surface area contributed by atoms with Crippen molar-refractivity contribution in [1.82, 2.24) is 14.7 Å². The van der Waals surface area contributed by atoms with Gasteiger partial charge in [-0.25, -0.2) is 0 Å². The summed E-state index contributed by atoms with van der Waals surface area (Å²) in [6.07, 6.45) is 4.90. The molecule has 0 amide bonds. The molecule has 4 nitrogen and oxygen atoms in total. The number of nitrogen functional groups attached to an aromatic ring is 1. The average molecular weight is 194 g/mol. The predicted molar refractivity (Wildman–Crippen MR) is 56.9 cm³/mol. The molecule has 1 saturated heterocycles. The third-order valence-electron chi connectivity index (χ3n) is 2.91. The van der Waals surface area contributed by atoms with Gasteiger partial charge in [0.15, 0.2) is 0 Å². The van der Waals surface area contributed by atoms with Gasteiger partial charge >= 0.3 is 0 Å². The van der Waals surface area contributed by atoms with Gasteiger partial charge < -0.3 is 10.6 Å². The van der Waals surface area contributed by atoms with Crippen LogP contribution in [0.2, 0.25) is 0 Å². The van der Waals surface area contributed by atoms with Crippen molar-refractivity contribution in [2.24, 2.45) is 5.92 Å². The van der Waals surface area contributed by atoms with E-state index in [4.69, 9.17) is 5.73 Å². The number of nitrogens with zero attached hydrogens (tertiary/aromatic N) is 3. The Kier molecular flexibility index (Phi) is 2.72. The third kappa shape index (κ3) is 2.07. The molecule has 0 bridgehead atoms. The molecule has 0 aromatic carbocycles. The Morgan fingerprint density at radius 3 is 2.86 bits per heavy atom. The standard InChI is InChI=1S/C10H18N4/c1-2-9-6-13(7-9)3-4-14-8-10(11)5-12-14/h5,8-9H,2-4,6-7,11H2,1H3. The van der Waals surface area contributed by atoms with Crippen molar-refractivity contribution in [3.8, 4) is 0 Å². The van der Waals surface area contributed by atoms with Crippen molar-refractivity contribution in [1.29, 1.82) is 0 Å². The Morgan fingerprint density at radius 2 is 2.29 bits per heavy atom. The van der Waals surface area contributed by atoms with Gasteiger partial charge in [0.2, 0.25) is 0 Å². The first-order valence-electron chi connectivity index (χ1n) is 5.28. The van der Waals surface area contributed by atoms with Gasteiger partial charge in [-0.3, -0.25) is 4.68 Å². The molecule has 1 fully saturated rings. The molecule has 2 N–H and O–H groups in total. The van der Waals surface area contributed by atoms with Gasteiger partial charge in [-0.2, -0.15) is 5.10 Å². The Bertz CT molecular complexity index is 288. The van der Waals surface area contributed by atoms with Crippen LogP contribution in [0.4, 0.5) is 5.69 Å². The molecule has 1 aromatic heterocycles. The molecule has 0 saturated carbocycles. The maximum absolute atomic E-state index is 5.58. The molecule has 1 aromatic rings. The molecular formula is C10H18N4. The molecule has 14 heavy (non-hydrogen) atoms. The summed E-state index contributed by atoms with van der Waals surface area (Å²) in [7, 11) is 0. The van der Waals surface area contributed by atoms with E-state index in [1.54, 1.807) is 6.20 Å². The number of nitrogens with two attached hydrogens (primary N) is 1. The minimum Gasteiger partial charge on any atom is -0.396 e. The summed E-state index contributed by atoms with van der Waals surface area (Å²) in [6, 6.07) is 0. The number of likely N-dealkylation sites (tertiary alicyclic amines) is 1. The van der Waals surface area contributed by atoms with Crippen molar-refractivity contribution in [3.05, 3.63) is 12.4 Å². The summed E-state index contributed by atoms with van der Waals surface area (Å²) in [6.45, 7) is 6.82. The first kappa shape index (κ1) is 9.52. The Labute approximate surface area is 84.7 Å². The summed E-state index contributed by atoms with van der Waals surface area (Å²) < 4.78 is 1.91. The van der Waals surface area contributed by atoms with E-state index in [2.05, 4.69) is 16.9 Å². The van der Waals surface area contributed by atoms with Gasteiger partial charge in [0.25, 0.3) is 0 Å². The molecule has 1 aliphatic rings. The highest BCUT2D eigenvalue weighted by atomic mass is 15.3. The van der Waals surface area contributed by atoms with E-state index in [1.807, 2.05) is 10.9 Å². The van der Waals surface area contributed by atoms with Crippen LogP contribution in [-0.4, -0.2) is 34.3 Å². The van der Waals surface area contributed by atoms with Crippen molar-refractivity contribution in [2.75, 3.05) is 25.4 Å². The van der Waals surface area contributed by atoms with E-state index in [9.17, 15) is 0 Å². The topological polar surface area (TPSA) is 47.1 Å². The zero-order chi connectivity index (χ0) is 9.97. The highest BCUT2D eigenvalue weighted by Gasteiger charge is 2.23. The van der Waals surface area contributed by atoms with Gasteiger partial charge in [-0.1, -0.05) is 13.3 Å². The lowest BCUT2D eigenvalue weighted by molar-refractivity contribution is 0.0925. The Balaban J connectivity index is 1.69. The minimum absolute atomic E-state index is 0.750. The lowest BCUT2D eigenvalue weighted by Gasteiger charge is -2.38. The lowest BCUT2D eigenvalue weighted by atomic mass is 9.98. The molecule has 0 atom stereocenters. The SMILES string of the molecule is CCC1CN(CCn2cc(N)cn2)C1. The number of hydrogen-bond donors (Lipinski definition) is 1. The third-order valence-corrected chi connectivity index (χ3v) is 2.91. The maximum Gasteiger partial charge on any atom is 0.0719 e. The maximum atomic E-state index is 5.58. The van der Waals surface area contributed by atoms with Gasteiger partial charge in [0.05, 0.1) is 18.4 Å². The molecule has 1 aliphatic heterocycles. The number of anilines is 1. The molecule has 4 heteroatoms. The van der Waals surface area contributed by atoms with Crippen molar-refractivity contribution < 1.29 is 0 Å². The number of hydrogen-bond acceptors (Lipinski definition) is 3. The average Bonchev–Trinajstić information content (AvgIpc) is 2.49. The summed E-state index contributed by atoms with van der Waals surface area (Å²) in [5, 5.41) is 4.15. The molecular weight excluding hydrogens is 176 g/mol. The van der Waals surface area contributed by atoms with E-state index in [0.717, 1.165) is 24.7 Å². The molecule has 0 unspecified atom stereocenters. The van der Waals surface area contributed by atoms with Gasteiger partial charge in [-0.15, -0.1) is 0 Å². The second kappa shape index (κ2) is 4.00. The van der Waals surface area contributed by atoms with Crippen molar-refractivity contribution in [2.45, 2.75) is 19.9 Å². The van der Waals surface area contributed by atoms with Gasteiger partial charge in [0, 0.05) is 25.8 Å². The lowest BCUT2D eigenvalue weighted by Crippen LogP contribution is -2.47. The first-order chi connectivity index (χ1) is 6.78. The largest absolute Gasteiger partial charge is 0.396 e. The van der Waals surface area contributed by atoms with Crippen LogP contribution in [0.15, 0.2) is 12.4 Å². The van der Waals surface area contributed by atoms with Gasteiger partial charge in [-0.05, 0) is 5.92 Å². The molecule has 78 valence electrons. The highest BCUT2D eigenvalue weighted by molar-refractivity contribution is 5.30. The molecule has 2 heterocycles. The smallest absolute Gasteiger partial charge is 0.0719 e. The summed E-state index contributed by atoms with van der Waals surface area (Å²) >= 11 is 0. The molecule has 0 radical (unpaired) electrons. The summed E-state index contributed by atoms with van der Waals surface area (Å²) in [5.41, 5.74) is 6.33. The van der Waals surface area contributed by atoms with Crippen LogP contribution in [0.3, 0.4) is 0 Å². The van der Waals surface area contributed by atoms with E-state index < -0.39 is 0 Å². The number of aromatic nitrogens is 2. The zero-order valence-corrected chi connectivity index (χ0v) is 8.69. The van der Waals surface area contributed by atoms with E-state index in [-0.39, 0.29) is 0 Å². The van der Waals surface area contributed by atoms with Crippen LogP contribution in [0, 0.1) is 5.92 Å². The number of rotatable bonds is 4. The Hall–Kier alpha value is -1.03. The van der Waals surface area contributed by atoms with E-state index >= 15 is 0 Å². The van der Waals surface area contributed by atoms with E-state index in [1.165, 1.54) is 19.5 Å². The van der Waals surface area contributed by atoms with Crippen LogP contribution >= 0.6 is 0 Å². The fourth-order valence-corrected chi connectivity index (χ4v) is 1.86. The Morgan fingerprint density at radius 1 is 1.50 bits per heavy atom. The monoisotopic (exact) mass is 194 g/mol. The molecule has 2 rings (SSSR count). The quantitative estimate of drug-likeness (QED) is 0.771. The van der Waals surface area contributed by atoms with Crippen LogP contribution in [0.25, 0.3) is 0 Å². The predicted octanol–water partition coefficient (Wildman–Crippen LogP) is 0.807. The van der Waals surface area contributed by atoms with Crippen molar-refractivity contribution >= 4 is 5.69 Å². The molecule has 0 aliphatic carbocycles. The van der Waals surface area contributed by atoms with Crippen LogP contribution < -0.4 is 5.73 Å². The van der Waals surface area contributed by atoms with E-state index in [0.29, 0.717) is 0 Å². The van der Waals surface area contributed by atoms with Crippen LogP contribution in [0.1, 0.15) is 13.3 Å². The molecule has 0 spiro atoms. The van der Waals surface area contributed by atoms with Gasteiger partial charge in [0.1, 0.15) is 0 Å².